The summed E-state index contributed by atoms with van der Waals surface area (Å²) in [5.74, 6) is 0.121. The number of carbonyl (C=O) groups excluding carboxylic acids is 1. The number of rotatable bonds is 5. The molecule has 4 heteroatoms. The maximum atomic E-state index is 11.4. The van der Waals surface area contributed by atoms with Crippen molar-refractivity contribution < 1.29 is 9.53 Å². The molecule has 0 fully saturated rings. The number of pyridine rings is 1. The Balaban J connectivity index is 2.23. The standard InChI is InChI=1S/C15H17NO2S/c1-3-11-9-12-7-5-6-8-13(12)16-15(11)19-10-14(17)18-4-2/h5-9H,3-4,10H2,1-2H3. The van der Waals surface area contributed by atoms with Crippen LogP contribution in [0, 0.1) is 0 Å². The van der Waals surface area contributed by atoms with Crippen LogP contribution in [0.5, 0.6) is 0 Å². The number of ether oxygens (including phenoxy) is 1. The van der Waals surface area contributed by atoms with Crippen molar-refractivity contribution in [1.82, 2.24) is 4.98 Å². The first kappa shape index (κ1) is 13.9. The second-order valence-corrected chi connectivity index (χ2v) is 5.06. The van der Waals surface area contributed by atoms with E-state index >= 15 is 0 Å². The van der Waals surface area contributed by atoms with E-state index in [1.165, 1.54) is 17.3 Å². The lowest BCUT2D eigenvalue weighted by Gasteiger charge is -2.08. The zero-order valence-corrected chi connectivity index (χ0v) is 12.0. The number of hydrogen-bond acceptors (Lipinski definition) is 4. The predicted molar refractivity (Wildman–Crippen MR) is 78.5 cm³/mol. The molecule has 0 atom stereocenters. The van der Waals surface area contributed by atoms with Crippen molar-refractivity contribution in [1.29, 1.82) is 0 Å². The lowest BCUT2D eigenvalue weighted by atomic mass is 10.1. The van der Waals surface area contributed by atoms with Crippen molar-refractivity contribution in [2.24, 2.45) is 0 Å². The summed E-state index contributed by atoms with van der Waals surface area (Å²) in [5.41, 5.74) is 2.14. The zero-order chi connectivity index (χ0) is 13.7. The van der Waals surface area contributed by atoms with Crippen LogP contribution in [-0.2, 0) is 16.0 Å². The fourth-order valence-electron chi connectivity index (χ4n) is 1.85. The zero-order valence-electron chi connectivity index (χ0n) is 11.2. The van der Waals surface area contributed by atoms with Gasteiger partial charge >= 0.3 is 5.97 Å². The number of hydrogen-bond donors (Lipinski definition) is 0. The molecule has 3 nitrogen and oxygen atoms in total. The van der Waals surface area contributed by atoms with Crippen LogP contribution < -0.4 is 0 Å². The van der Waals surface area contributed by atoms with Crippen LogP contribution >= 0.6 is 11.8 Å². The largest absolute Gasteiger partial charge is 0.465 e. The highest BCUT2D eigenvalue weighted by atomic mass is 32.2. The van der Waals surface area contributed by atoms with Crippen LogP contribution in [0.1, 0.15) is 19.4 Å². The van der Waals surface area contributed by atoms with Crippen molar-refractivity contribution in [3.8, 4) is 0 Å². The van der Waals surface area contributed by atoms with E-state index < -0.39 is 0 Å². The van der Waals surface area contributed by atoms with Crippen molar-refractivity contribution in [3.05, 3.63) is 35.9 Å². The highest BCUT2D eigenvalue weighted by Crippen LogP contribution is 2.25. The molecule has 0 aliphatic rings. The van der Waals surface area contributed by atoms with Crippen LogP contribution in [0.25, 0.3) is 10.9 Å². The van der Waals surface area contributed by atoms with Crippen molar-refractivity contribution in [3.63, 3.8) is 0 Å². The van der Waals surface area contributed by atoms with Gasteiger partial charge in [-0.25, -0.2) is 4.98 Å². The topological polar surface area (TPSA) is 39.2 Å². The van der Waals surface area contributed by atoms with Gasteiger partial charge in [-0.3, -0.25) is 4.79 Å². The number of fused-ring (bicyclic) bond motifs is 1. The van der Waals surface area contributed by atoms with Gasteiger partial charge < -0.3 is 4.74 Å². The molecule has 0 saturated heterocycles. The van der Waals surface area contributed by atoms with Crippen molar-refractivity contribution in [2.45, 2.75) is 25.3 Å². The molecule has 1 aromatic carbocycles. The summed E-state index contributed by atoms with van der Waals surface area (Å²) in [6.07, 6.45) is 0.906. The number of thioether (sulfide) groups is 1. The smallest absolute Gasteiger partial charge is 0.316 e. The number of nitrogens with zero attached hydrogens (tertiary/aromatic N) is 1. The molecule has 0 amide bonds. The van der Waals surface area contributed by atoms with Crippen LogP contribution in [0.3, 0.4) is 0 Å². The Labute approximate surface area is 117 Å². The highest BCUT2D eigenvalue weighted by molar-refractivity contribution is 7.99. The van der Waals surface area contributed by atoms with Gasteiger partial charge in [0.1, 0.15) is 5.03 Å². The number of aryl methyl sites for hydroxylation is 1. The van der Waals surface area contributed by atoms with Crippen molar-refractivity contribution in [2.75, 3.05) is 12.4 Å². The van der Waals surface area contributed by atoms with E-state index in [0.717, 1.165) is 22.3 Å². The molecular formula is C15H17NO2S. The quantitative estimate of drug-likeness (QED) is 0.619. The highest BCUT2D eigenvalue weighted by Gasteiger charge is 2.09. The van der Waals surface area contributed by atoms with E-state index in [4.69, 9.17) is 4.74 Å². The van der Waals surface area contributed by atoms with E-state index in [-0.39, 0.29) is 5.97 Å². The molecule has 0 radical (unpaired) electrons. The molecule has 100 valence electrons. The molecule has 0 spiro atoms. The third kappa shape index (κ3) is 3.47. The fourth-order valence-corrected chi connectivity index (χ4v) is 2.74. The van der Waals surface area contributed by atoms with Gasteiger partial charge in [-0.15, -0.1) is 0 Å². The van der Waals surface area contributed by atoms with E-state index in [1.807, 2.05) is 25.1 Å². The molecule has 0 aliphatic heterocycles. The maximum Gasteiger partial charge on any atom is 0.316 e. The Morgan fingerprint density at radius 2 is 2.11 bits per heavy atom. The molecule has 19 heavy (non-hydrogen) atoms. The first-order valence-corrected chi connectivity index (χ1v) is 7.40. The van der Waals surface area contributed by atoms with E-state index in [0.29, 0.717) is 12.4 Å². The van der Waals surface area contributed by atoms with Gasteiger partial charge in [0.15, 0.2) is 0 Å². The molecular weight excluding hydrogens is 258 g/mol. The summed E-state index contributed by atoms with van der Waals surface area (Å²) in [5, 5.41) is 2.06. The summed E-state index contributed by atoms with van der Waals surface area (Å²) >= 11 is 1.45. The second kappa shape index (κ2) is 6.57. The molecule has 2 rings (SSSR count). The Kier molecular flexibility index (Phi) is 4.80. The average molecular weight is 275 g/mol. The molecule has 0 bridgehead atoms. The average Bonchev–Trinajstić information content (AvgIpc) is 2.44. The minimum Gasteiger partial charge on any atom is -0.465 e. The van der Waals surface area contributed by atoms with Crippen LogP contribution in [-0.4, -0.2) is 23.3 Å². The summed E-state index contributed by atoms with van der Waals surface area (Å²) in [7, 11) is 0. The van der Waals surface area contributed by atoms with Gasteiger partial charge in [0.25, 0.3) is 0 Å². The third-order valence-corrected chi connectivity index (χ3v) is 3.78. The SMILES string of the molecule is CCOC(=O)CSc1nc2ccccc2cc1CC. The van der Waals surface area contributed by atoms with Crippen LogP contribution in [0.15, 0.2) is 35.4 Å². The molecule has 0 saturated carbocycles. The summed E-state index contributed by atoms with van der Waals surface area (Å²) < 4.78 is 4.94. The van der Waals surface area contributed by atoms with Gasteiger partial charge in [-0.05, 0) is 31.0 Å². The first-order chi connectivity index (χ1) is 9.24. The van der Waals surface area contributed by atoms with Gasteiger partial charge in [-0.1, -0.05) is 36.9 Å². The number of esters is 1. The normalized spacial score (nSPS) is 10.6. The van der Waals surface area contributed by atoms with Crippen LogP contribution in [0.2, 0.25) is 0 Å². The first-order valence-electron chi connectivity index (χ1n) is 6.41. The molecule has 1 aromatic heterocycles. The van der Waals surface area contributed by atoms with E-state index in [1.54, 1.807) is 0 Å². The second-order valence-electron chi connectivity index (χ2n) is 4.09. The fraction of sp³-hybridized carbons (Fsp3) is 0.333. The summed E-state index contributed by atoms with van der Waals surface area (Å²) in [6, 6.07) is 10.2. The van der Waals surface area contributed by atoms with Crippen LogP contribution in [0.4, 0.5) is 0 Å². The van der Waals surface area contributed by atoms with E-state index in [2.05, 4.69) is 24.0 Å². The number of para-hydroxylation sites is 1. The lowest BCUT2D eigenvalue weighted by Crippen LogP contribution is -2.07. The molecule has 0 N–H and O–H groups in total. The minimum atomic E-state index is -0.190. The predicted octanol–water partition coefficient (Wildman–Crippen LogP) is 3.45. The lowest BCUT2D eigenvalue weighted by molar-refractivity contribution is -0.139. The van der Waals surface area contributed by atoms with E-state index in [9.17, 15) is 4.79 Å². The Bertz CT molecular complexity index is 583. The number of benzene rings is 1. The third-order valence-electron chi connectivity index (χ3n) is 2.78. The Hall–Kier alpha value is -1.55. The Morgan fingerprint density at radius 3 is 2.84 bits per heavy atom. The molecule has 0 unspecified atom stereocenters. The number of aromatic nitrogens is 1. The minimum absolute atomic E-state index is 0.190. The van der Waals surface area contributed by atoms with Crippen molar-refractivity contribution >= 4 is 28.6 Å². The molecule has 2 aromatic rings. The van der Waals surface area contributed by atoms with Gasteiger partial charge in [0.2, 0.25) is 0 Å². The maximum absolute atomic E-state index is 11.4. The van der Waals surface area contributed by atoms with Gasteiger partial charge in [-0.2, -0.15) is 0 Å². The molecule has 1 heterocycles. The van der Waals surface area contributed by atoms with Gasteiger partial charge in [0.05, 0.1) is 17.9 Å². The number of carbonyl (C=O) groups is 1. The Morgan fingerprint density at radius 1 is 1.32 bits per heavy atom. The van der Waals surface area contributed by atoms with Gasteiger partial charge in [0, 0.05) is 5.39 Å². The summed E-state index contributed by atoms with van der Waals surface area (Å²) in [4.78, 5) is 16.0. The monoisotopic (exact) mass is 275 g/mol. The summed E-state index contributed by atoms with van der Waals surface area (Å²) in [6.45, 7) is 4.33. The molecule has 0 aliphatic carbocycles.